The quantitative estimate of drug-likeness (QED) is 0.686. The Bertz CT molecular complexity index is 456. The average molecular weight is 290 g/mol. The highest BCUT2D eigenvalue weighted by molar-refractivity contribution is 5.79. The molecule has 0 saturated heterocycles. The zero-order valence-electron chi connectivity index (χ0n) is 13.1. The van der Waals surface area contributed by atoms with Crippen LogP contribution in [-0.2, 0) is 0 Å². The van der Waals surface area contributed by atoms with Crippen LogP contribution in [0.1, 0.15) is 62.7 Å². The van der Waals surface area contributed by atoms with Crippen molar-refractivity contribution in [2.45, 2.75) is 58.5 Å². The summed E-state index contributed by atoms with van der Waals surface area (Å²) < 4.78 is 11.8. The Hall–Kier alpha value is -1.51. The van der Waals surface area contributed by atoms with Crippen molar-refractivity contribution in [2.75, 3.05) is 6.61 Å². The Morgan fingerprint density at radius 2 is 2.05 bits per heavy atom. The Morgan fingerprint density at radius 3 is 2.76 bits per heavy atom. The van der Waals surface area contributed by atoms with Crippen molar-refractivity contribution in [3.8, 4) is 11.5 Å². The van der Waals surface area contributed by atoms with E-state index in [4.69, 9.17) is 9.47 Å². The second-order valence-corrected chi connectivity index (χ2v) is 5.78. The normalized spacial score (nSPS) is 21.8. The lowest BCUT2D eigenvalue weighted by molar-refractivity contribution is 0.0880. The Labute approximate surface area is 127 Å². The van der Waals surface area contributed by atoms with Gasteiger partial charge in [-0.05, 0) is 50.2 Å². The molecule has 1 aromatic rings. The molecule has 0 amide bonds. The van der Waals surface area contributed by atoms with Crippen LogP contribution in [0.4, 0.5) is 0 Å². The molecule has 2 rings (SSSR count). The van der Waals surface area contributed by atoms with Crippen LogP contribution in [0.15, 0.2) is 18.2 Å². The molecule has 3 heteroatoms. The number of carbonyl (C=O) groups is 1. The first-order chi connectivity index (χ1) is 10.3. The first-order valence-electron chi connectivity index (χ1n) is 8.17. The van der Waals surface area contributed by atoms with Crippen LogP contribution in [0.3, 0.4) is 0 Å². The average Bonchev–Trinajstić information content (AvgIpc) is 2.53. The monoisotopic (exact) mass is 290 g/mol. The number of benzene rings is 1. The van der Waals surface area contributed by atoms with Gasteiger partial charge in [-0.2, -0.15) is 0 Å². The van der Waals surface area contributed by atoms with Gasteiger partial charge in [0.25, 0.3) is 0 Å². The molecule has 0 radical (unpaired) electrons. The minimum absolute atomic E-state index is 0.226. The number of carbonyl (C=O) groups excluding carboxylic acids is 1. The van der Waals surface area contributed by atoms with Gasteiger partial charge in [-0.3, -0.25) is 4.79 Å². The van der Waals surface area contributed by atoms with Crippen LogP contribution in [0, 0.1) is 5.92 Å². The summed E-state index contributed by atoms with van der Waals surface area (Å²) in [5, 5.41) is 0. The Kier molecular flexibility index (Phi) is 6.09. The smallest absolute Gasteiger partial charge is 0.153 e. The molecule has 0 aromatic heterocycles. The van der Waals surface area contributed by atoms with Crippen LogP contribution in [0.2, 0.25) is 0 Å². The lowest BCUT2D eigenvalue weighted by Crippen LogP contribution is -2.30. The summed E-state index contributed by atoms with van der Waals surface area (Å²) in [6.07, 6.45) is 7.99. The van der Waals surface area contributed by atoms with E-state index >= 15 is 0 Å². The first kappa shape index (κ1) is 15.9. The summed E-state index contributed by atoms with van der Waals surface area (Å²) in [5.41, 5.74) is 0.610. The van der Waals surface area contributed by atoms with Gasteiger partial charge in [0, 0.05) is 6.07 Å². The molecule has 3 nitrogen and oxygen atoms in total. The summed E-state index contributed by atoms with van der Waals surface area (Å²) in [7, 11) is 0. The van der Waals surface area contributed by atoms with Crippen LogP contribution in [0.5, 0.6) is 11.5 Å². The van der Waals surface area contributed by atoms with Gasteiger partial charge in [0.1, 0.15) is 17.6 Å². The molecule has 1 fully saturated rings. The van der Waals surface area contributed by atoms with Gasteiger partial charge in [-0.15, -0.1) is 0 Å². The fourth-order valence-corrected chi connectivity index (χ4v) is 2.98. The summed E-state index contributed by atoms with van der Waals surface area (Å²) in [4.78, 5) is 11.2. The third-order valence-corrected chi connectivity index (χ3v) is 4.23. The van der Waals surface area contributed by atoms with Crippen LogP contribution < -0.4 is 9.47 Å². The van der Waals surface area contributed by atoms with E-state index in [1.807, 2.05) is 12.1 Å². The van der Waals surface area contributed by atoms with E-state index in [1.165, 1.54) is 19.3 Å². The van der Waals surface area contributed by atoms with Crippen molar-refractivity contribution in [3.63, 3.8) is 0 Å². The highest BCUT2D eigenvalue weighted by atomic mass is 16.5. The highest BCUT2D eigenvalue weighted by Gasteiger charge is 2.26. The number of aldehydes is 1. The van der Waals surface area contributed by atoms with Crippen molar-refractivity contribution in [1.29, 1.82) is 0 Å². The Morgan fingerprint density at radius 1 is 1.24 bits per heavy atom. The molecule has 0 N–H and O–H groups in total. The molecule has 0 spiro atoms. The van der Waals surface area contributed by atoms with Crippen molar-refractivity contribution < 1.29 is 14.3 Å². The summed E-state index contributed by atoms with van der Waals surface area (Å²) >= 11 is 0. The first-order valence-corrected chi connectivity index (χ1v) is 8.17. The third kappa shape index (κ3) is 4.23. The van der Waals surface area contributed by atoms with Gasteiger partial charge in [0.05, 0.1) is 12.2 Å². The molecule has 1 aliphatic carbocycles. The molecule has 1 aliphatic rings. The molecule has 21 heavy (non-hydrogen) atoms. The van der Waals surface area contributed by atoms with Gasteiger partial charge in [0.15, 0.2) is 6.29 Å². The molecular weight excluding hydrogens is 264 g/mol. The second-order valence-electron chi connectivity index (χ2n) is 5.78. The van der Waals surface area contributed by atoms with Gasteiger partial charge < -0.3 is 9.47 Å². The molecular formula is C18H26O3. The van der Waals surface area contributed by atoms with E-state index in [2.05, 4.69) is 13.8 Å². The van der Waals surface area contributed by atoms with Gasteiger partial charge in [-0.25, -0.2) is 0 Å². The van der Waals surface area contributed by atoms with Crippen LogP contribution in [0.25, 0.3) is 0 Å². The van der Waals surface area contributed by atoms with Crippen molar-refractivity contribution >= 4 is 6.29 Å². The predicted molar refractivity (Wildman–Crippen MR) is 84.3 cm³/mol. The number of rotatable bonds is 7. The largest absolute Gasteiger partial charge is 0.493 e. The minimum atomic E-state index is 0.226. The van der Waals surface area contributed by atoms with Crippen molar-refractivity contribution in [2.24, 2.45) is 5.92 Å². The number of hydrogen-bond acceptors (Lipinski definition) is 3. The summed E-state index contributed by atoms with van der Waals surface area (Å²) in [6, 6.07) is 5.49. The number of hydrogen-bond donors (Lipinski definition) is 0. The second kappa shape index (κ2) is 8.06. The van der Waals surface area contributed by atoms with Crippen LogP contribution in [-0.4, -0.2) is 19.0 Å². The predicted octanol–water partition coefficient (Wildman–Crippen LogP) is 4.64. The van der Waals surface area contributed by atoms with Crippen molar-refractivity contribution in [1.82, 2.24) is 0 Å². The maximum absolute atomic E-state index is 11.2. The summed E-state index contributed by atoms with van der Waals surface area (Å²) in [6.45, 7) is 4.97. The minimum Gasteiger partial charge on any atom is -0.493 e. The molecule has 2 atom stereocenters. The zero-order chi connectivity index (χ0) is 15.1. The van der Waals surface area contributed by atoms with Crippen LogP contribution >= 0.6 is 0 Å². The van der Waals surface area contributed by atoms with E-state index in [-0.39, 0.29) is 6.10 Å². The SMILES string of the molecule is CCCOc1ccc(C=O)c(OC2CCCCC2CC)c1. The van der Waals surface area contributed by atoms with E-state index in [1.54, 1.807) is 6.07 Å². The standard InChI is InChI=1S/C18H26O3/c1-3-11-20-16-10-9-15(13-19)18(12-16)21-17-8-6-5-7-14(17)4-2/h9-10,12-14,17H,3-8,11H2,1-2H3. The van der Waals surface area contributed by atoms with Gasteiger partial charge in [-0.1, -0.05) is 20.3 Å². The maximum atomic E-state index is 11.2. The fourth-order valence-electron chi connectivity index (χ4n) is 2.98. The van der Waals surface area contributed by atoms with E-state index in [0.29, 0.717) is 23.8 Å². The lowest BCUT2D eigenvalue weighted by atomic mass is 9.84. The lowest BCUT2D eigenvalue weighted by Gasteiger charge is -2.31. The third-order valence-electron chi connectivity index (χ3n) is 4.23. The van der Waals surface area contributed by atoms with E-state index < -0.39 is 0 Å². The fraction of sp³-hybridized carbons (Fsp3) is 0.611. The van der Waals surface area contributed by atoms with Crippen molar-refractivity contribution in [3.05, 3.63) is 23.8 Å². The molecule has 0 heterocycles. The van der Waals surface area contributed by atoms with E-state index in [0.717, 1.165) is 31.3 Å². The summed E-state index contributed by atoms with van der Waals surface area (Å²) in [5.74, 6) is 2.05. The topological polar surface area (TPSA) is 35.5 Å². The molecule has 1 aromatic carbocycles. The number of ether oxygens (including phenoxy) is 2. The molecule has 0 bridgehead atoms. The molecule has 0 aliphatic heterocycles. The maximum Gasteiger partial charge on any atom is 0.153 e. The molecule has 1 saturated carbocycles. The molecule has 2 unspecified atom stereocenters. The molecule has 116 valence electrons. The van der Waals surface area contributed by atoms with Gasteiger partial charge >= 0.3 is 0 Å². The Balaban J connectivity index is 2.13. The highest BCUT2D eigenvalue weighted by Crippen LogP contribution is 2.33. The zero-order valence-corrected chi connectivity index (χ0v) is 13.1. The van der Waals surface area contributed by atoms with E-state index in [9.17, 15) is 4.79 Å². The van der Waals surface area contributed by atoms with Gasteiger partial charge in [0.2, 0.25) is 0 Å².